The van der Waals surface area contributed by atoms with Gasteiger partial charge in [-0.15, -0.1) is 0 Å². The number of methoxy groups -OCH3 is 1. The molecule has 2 aromatic carbocycles. The minimum absolute atomic E-state index is 0.00625. The fourth-order valence-corrected chi connectivity index (χ4v) is 4.44. The Morgan fingerprint density at radius 2 is 1.55 bits per heavy atom. The molecule has 2 amide bonds. The molecule has 1 aliphatic rings. The smallest absolute Gasteiger partial charge is 0.338 e. The van der Waals surface area contributed by atoms with Crippen LogP contribution < -0.4 is 10.6 Å². The molecular formula is C21H22N2O5S. The third-order valence-corrected chi connectivity index (χ3v) is 6.34. The molecule has 1 heterocycles. The van der Waals surface area contributed by atoms with Crippen LogP contribution in [0.25, 0.3) is 0 Å². The van der Waals surface area contributed by atoms with E-state index in [-0.39, 0.29) is 16.2 Å². The topological polar surface area (TPSA) is 102 Å². The lowest BCUT2D eigenvalue weighted by atomic mass is 9.95. The fourth-order valence-electron chi connectivity index (χ4n) is 3.11. The molecule has 2 N–H and O–H groups in total. The van der Waals surface area contributed by atoms with Crippen molar-refractivity contribution in [2.75, 3.05) is 12.9 Å². The van der Waals surface area contributed by atoms with Crippen LogP contribution in [0.3, 0.4) is 0 Å². The van der Waals surface area contributed by atoms with Crippen molar-refractivity contribution in [2.24, 2.45) is 0 Å². The van der Waals surface area contributed by atoms with Gasteiger partial charge in [-0.05, 0) is 31.5 Å². The van der Waals surface area contributed by atoms with Gasteiger partial charge in [-0.25, -0.2) is 18.0 Å². The monoisotopic (exact) mass is 414 g/mol. The normalized spacial score (nSPS) is 16.8. The number of aryl methyl sites for hydroxylation is 2. The Balaban J connectivity index is 2.08. The van der Waals surface area contributed by atoms with E-state index in [9.17, 15) is 18.0 Å². The number of nitrogens with one attached hydrogen (secondary N) is 2. The number of ether oxygens (including phenoxy) is 1. The number of benzene rings is 2. The predicted octanol–water partition coefficient (Wildman–Crippen LogP) is 2.56. The molecular weight excluding hydrogens is 392 g/mol. The van der Waals surface area contributed by atoms with E-state index in [1.165, 1.54) is 19.2 Å². The van der Waals surface area contributed by atoms with Gasteiger partial charge < -0.3 is 15.4 Å². The Labute approximate surface area is 169 Å². The van der Waals surface area contributed by atoms with Gasteiger partial charge in [0.15, 0.2) is 9.84 Å². The van der Waals surface area contributed by atoms with Crippen LogP contribution in [-0.2, 0) is 19.4 Å². The summed E-state index contributed by atoms with van der Waals surface area (Å²) in [6, 6.07) is 12.2. The van der Waals surface area contributed by atoms with Gasteiger partial charge in [0.25, 0.3) is 0 Å². The van der Waals surface area contributed by atoms with Crippen molar-refractivity contribution in [2.45, 2.75) is 24.8 Å². The molecule has 1 aliphatic heterocycles. The standard InChI is InChI=1S/C21H22N2O5S/c1-13-4-8-15(9-5-13)19-18(20(24)28-3)17(22-21(25)23-19)12-29(26,27)16-10-6-14(2)7-11-16/h4-11,19H,12H2,1-3H3,(H2,22,23,25). The largest absolute Gasteiger partial charge is 0.466 e. The maximum absolute atomic E-state index is 12.9. The molecule has 0 spiro atoms. The Kier molecular flexibility index (Phi) is 5.74. The number of carbonyl (C=O) groups excluding carboxylic acids is 2. The highest BCUT2D eigenvalue weighted by Gasteiger charge is 2.35. The first-order chi connectivity index (χ1) is 13.7. The van der Waals surface area contributed by atoms with Crippen molar-refractivity contribution < 1.29 is 22.7 Å². The average Bonchev–Trinajstić information content (AvgIpc) is 2.67. The lowest BCUT2D eigenvalue weighted by molar-refractivity contribution is -0.136. The third kappa shape index (κ3) is 4.48. The van der Waals surface area contributed by atoms with Gasteiger partial charge in [0.05, 0.1) is 29.4 Å². The lowest BCUT2D eigenvalue weighted by Crippen LogP contribution is -2.47. The highest BCUT2D eigenvalue weighted by Crippen LogP contribution is 2.29. The van der Waals surface area contributed by atoms with Crippen molar-refractivity contribution in [1.82, 2.24) is 10.6 Å². The summed E-state index contributed by atoms with van der Waals surface area (Å²) in [5, 5.41) is 5.16. The quantitative estimate of drug-likeness (QED) is 0.732. The second kappa shape index (κ2) is 8.08. The summed E-state index contributed by atoms with van der Waals surface area (Å²) >= 11 is 0. The molecule has 3 rings (SSSR count). The van der Waals surface area contributed by atoms with Crippen LogP contribution in [0.5, 0.6) is 0 Å². The minimum atomic E-state index is -3.80. The number of rotatable bonds is 5. The number of hydrogen-bond donors (Lipinski definition) is 2. The maximum Gasteiger partial charge on any atom is 0.338 e. The molecule has 0 radical (unpaired) electrons. The Hall–Kier alpha value is -3.13. The van der Waals surface area contributed by atoms with Crippen molar-refractivity contribution in [1.29, 1.82) is 0 Å². The van der Waals surface area contributed by atoms with Crippen molar-refractivity contribution in [3.8, 4) is 0 Å². The predicted molar refractivity (Wildman–Crippen MR) is 108 cm³/mol. The first-order valence-electron chi connectivity index (χ1n) is 8.96. The minimum Gasteiger partial charge on any atom is -0.466 e. The van der Waals surface area contributed by atoms with E-state index in [1.54, 1.807) is 24.3 Å². The first kappa shape index (κ1) is 20.6. The van der Waals surface area contributed by atoms with Crippen molar-refractivity contribution >= 4 is 21.8 Å². The van der Waals surface area contributed by atoms with E-state index >= 15 is 0 Å². The Morgan fingerprint density at radius 3 is 2.10 bits per heavy atom. The highest BCUT2D eigenvalue weighted by atomic mass is 32.2. The van der Waals surface area contributed by atoms with Gasteiger partial charge in [0.2, 0.25) is 0 Å². The van der Waals surface area contributed by atoms with Crippen LogP contribution in [-0.4, -0.2) is 33.3 Å². The molecule has 2 aromatic rings. The zero-order chi connectivity index (χ0) is 21.2. The van der Waals surface area contributed by atoms with Gasteiger partial charge in [-0.1, -0.05) is 47.5 Å². The zero-order valence-corrected chi connectivity index (χ0v) is 17.2. The molecule has 0 saturated carbocycles. The Morgan fingerprint density at radius 1 is 1.00 bits per heavy atom. The Bertz CT molecular complexity index is 1070. The van der Waals surface area contributed by atoms with Crippen LogP contribution in [0.15, 0.2) is 64.7 Å². The van der Waals surface area contributed by atoms with Crippen molar-refractivity contribution in [3.05, 3.63) is 76.5 Å². The summed E-state index contributed by atoms with van der Waals surface area (Å²) in [7, 11) is -2.58. The van der Waals surface area contributed by atoms with E-state index in [4.69, 9.17) is 4.74 Å². The fraction of sp³-hybridized carbons (Fsp3) is 0.238. The number of sulfone groups is 1. The van der Waals surface area contributed by atoms with Crippen LogP contribution >= 0.6 is 0 Å². The molecule has 0 bridgehead atoms. The average molecular weight is 414 g/mol. The first-order valence-corrected chi connectivity index (χ1v) is 10.6. The number of hydrogen-bond acceptors (Lipinski definition) is 5. The summed E-state index contributed by atoms with van der Waals surface area (Å²) < 4.78 is 30.7. The molecule has 1 unspecified atom stereocenters. The molecule has 8 heteroatoms. The molecule has 0 fully saturated rings. The van der Waals surface area contributed by atoms with Gasteiger partial charge in [-0.2, -0.15) is 0 Å². The van der Waals surface area contributed by atoms with E-state index in [2.05, 4.69) is 10.6 Å². The number of amides is 2. The summed E-state index contributed by atoms with van der Waals surface area (Å²) in [4.78, 5) is 24.9. The second-order valence-electron chi connectivity index (χ2n) is 6.90. The van der Waals surface area contributed by atoms with E-state index < -0.39 is 33.6 Å². The van der Waals surface area contributed by atoms with Gasteiger partial charge in [-0.3, -0.25) is 0 Å². The molecule has 0 aromatic heterocycles. The number of carbonyl (C=O) groups is 2. The molecule has 29 heavy (non-hydrogen) atoms. The number of esters is 1. The SMILES string of the molecule is COC(=O)C1=C(CS(=O)(=O)c2ccc(C)cc2)NC(=O)NC1c1ccc(C)cc1. The summed E-state index contributed by atoms with van der Waals surface area (Å²) in [5.74, 6) is -1.24. The lowest BCUT2D eigenvalue weighted by Gasteiger charge is -2.29. The van der Waals surface area contributed by atoms with E-state index in [0.29, 0.717) is 5.56 Å². The molecule has 0 saturated heterocycles. The van der Waals surface area contributed by atoms with Gasteiger partial charge in [0, 0.05) is 5.70 Å². The number of urea groups is 1. The van der Waals surface area contributed by atoms with Crippen LogP contribution in [0.1, 0.15) is 22.7 Å². The van der Waals surface area contributed by atoms with Crippen LogP contribution in [0.2, 0.25) is 0 Å². The third-order valence-electron chi connectivity index (χ3n) is 4.68. The van der Waals surface area contributed by atoms with E-state index in [1.807, 2.05) is 26.0 Å². The molecule has 1 atom stereocenters. The van der Waals surface area contributed by atoms with E-state index in [0.717, 1.165) is 11.1 Å². The van der Waals surface area contributed by atoms with Gasteiger partial charge >= 0.3 is 12.0 Å². The zero-order valence-electron chi connectivity index (χ0n) is 16.4. The van der Waals surface area contributed by atoms with Crippen molar-refractivity contribution in [3.63, 3.8) is 0 Å². The summed E-state index contributed by atoms with van der Waals surface area (Å²) in [5.41, 5.74) is 2.65. The summed E-state index contributed by atoms with van der Waals surface area (Å²) in [6.45, 7) is 3.77. The van der Waals surface area contributed by atoms with Gasteiger partial charge in [0.1, 0.15) is 0 Å². The highest BCUT2D eigenvalue weighted by molar-refractivity contribution is 7.91. The molecule has 152 valence electrons. The molecule has 7 nitrogen and oxygen atoms in total. The van der Waals surface area contributed by atoms with Crippen LogP contribution in [0, 0.1) is 13.8 Å². The summed E-state index contributed by atoms with van der Waals surface area (Å²) in [6.07, 6.45) is 0. The second-order valence-corrected chi connectivity index (χ2v) is 8.89. The maximum atomic E-state index is 12.9. The van der Waals surface area contributed by atoms with Crippen LogP contribution in [0.4, 0.5) is 4.79 Å². The molecule has 0 aliphatic carbocycles.